The zero-order valence-electron chi connectivity index (χ0n) is 12.6. The van der Waals surface area contributed by atoms with Crippen molar-refractivity contribution in [2.45, 2.75) is 12.0 Å². The molecular weight excluding hydrogens is 294 g/mol. The fraction of sp³-hybridized carbons (Fsp3) is 0.312. The highest BCUT2D eigenvalue weighted by Crippen LogP contribution is 2.13. The minimum Gasteiger partial charge on any atom is -0.387 e. The van der Waals surface area contributed by atoms with Crippen LogP contribution in [0.4, 0.5) is 11.6 Å². The van der Waals surface area contributed by atoms with Gasteiger partial charge in [-0.2, -0.15) is 0 Å². The highest BCUT2D eigenvalue weighted by atomic mass is 16.3. The lowest BCUT2D eigenvalue weighted by Crippen LogP contribution is -2.44. The number of carbonyl (C=O) groups excluding carboxylic acids is 1. The number of rotatable bonds is 5. The Bertz CT molecular complexity index is 654. The molecular formula is C16H19N5O2. The Morgan fingerprint density at radius 2 is 2.00 bits per heavy atom. The molecule has 1 fully saturated rings. The third-order valence-corrected chi connectivity index (χ3v) is 3.74. The quantitative estimate of drug-likeness (QED) is 0.648. The van der Waals surface area contributed by atoms with Crippen LogP contribution in [0.25, 0.3) is 0 Å². The third-order valence-electron chi connectivity index (χ3n) is 3.74. The molecule has 2 aromatic rings. The number of aliphatic hydroxyl groups is 1. The molecule has 0 spiro atoms. The molecule has 3 rings (SSSR count). The van der Waals surface area contributed by atoms with Gasteiger partial charge < -0.3 is 21.1 Å². The van der Waals surface area contributed by atoms with Crippen molar-refractivity contribution in [3.63, 3.8) is 0 Å². The van der Waals surface area contributed by atoms with Crippen LogP contribution in [-0.4, -0.2) is 46.2 Å². The average molecular weight is 313 g/mol. The number of nitrogens with one attached hydrogen (secondary N) is 3. The van der Waals surface area contributed by atoms with E-state index in [0.717, 1.165) is 12.2 Å². The van der Waals surface area contributed by atoms with Crippen molar-refractivity contribution < 1.29 is 9.90 Å². The van der Waals surface area contributed by atoms with Gasteiger partial charge in [0.1, 0.15) is 0 Å². The van der Waals surface area contributed by atoms with Crippen LogP contribution in [0.5, 0.6) is 0 Å². The Kier molecular flexibility index (Phi) is 4.50. The Morgan fingerprint density at radius 3 is 2.65 bits per heavy atom. The summed E-state index contributed by atoms with van der Waals surface area (Å²) in [6.07, 6.45) is 3.55. The van der Waals surface area contributed by atoms with Crippen molar-refractivity contribution >= 4 is 17.5 Å². The van der Waals surface area contributed by atoms with Gasteiger partial charge in [0.2, 0.25) is 5.95 Å². The van der Waals surface area contributed by atoms with E-state index in [1.54, 1.807) is 0 Å². The summed E-state index contributed by atoms with van der Waals surface area (Å²) >= 11 is 0. The van der Waals surface area contributed by atoms with E-state index >= 15 is 0 Å². The summed E-state index contributed by atoms with van der Waals surface area (Å²) in [6, 6.07) is 9.55. The standard InChI is InChI=1S/C16H19N5O2/c22-14(20-11-16(23)6-7-17-10-16)12-8-18-15(19-9-12)21-13-4-2-1-3-5-13/h1-5,8-9,17,23H,6-7,10-11H2,(H,20,22)(H,18,19,21). The van der Waals surface area contributed by atoms with Crippen LogP contribution in [0.3, 0.4) is 0 Å². The first-order valence-corrected chi connectivity index (χ1v) is 7.50. The number of para-hydroxylation sites is 1. The molecule has 0 bridgehead atoms. The lowest BCUT2D eigenvalue weighted by Gasteiger charge is -2.21. The Balaban J connectivity index is 1.57. The molecule has 1 aromatic carbocycles. The molecule has 1 amide bonds. The van der Waals surface area contributed by atoms with Gasteiger partial charge in [0.05, 0.1) is 11.2 Å². The SMILES string of the molecule is O=C(NCC1(O)CCNC1)c1cnc(Nc2ccccc2)nc1. The molecule has 7 nitrogen and oxygen atoms in total. The molecule has 120 valence electrons. The van der Waals surface area contributed by atoms with E-state index in [2.05, 4.69) is 25.9 Å². The summed E-state index contributed by atoms with van der Waals surface area (Å²) in [5.74, 6) is 0.128. The van der Waals surface area contributed by atoms with Gasteiger partial charge in [0.25, 0.3) is 5.91 Å². The van der Waals surface area contributed by atoms with Crippen LogP contribution in [-0.2, 0) is 0 Å². The normalized spacial score (nSPS) is 20.2. The highest BCUT2D eigenvalue weighted by molar-refractivity contribution is 5.93. The van der Waals surface area contributed by atoms with Crippen LogP contribution in [0.15, 0.2) is 42.7 Å². The molecule has 0 radical (unpaired) electrons. The minimum absolute atomic E-state index is 0.211. The monoisotopic (exact) mass is 313 g/mol. The maximum absolute atomic E-state index is 12.1. The second-order valence-electron chi connectivity index (χ2n) is 5.62. The number of anilines is 2. The molecule has 1 atom stereocenters. The number of benzene rings is 1. The highest BCUT2D eigenvalue weighted by Gasteiger charge is 2.31. The maximum Gasteiger partial charge on any atom is 0.254 e. The number of nitrogens with zero attached hydrogens (tertiary/aromatic N) is 2. The van der Waals surface area contributed by atoms with E-state index in [1.165, 1.54) is 12.4 Å². The van der Waals surface area contributed by atoms with Crippen molar-refractivity contribution in [1.29, 1.82) is 0 Å². The van der Waals surface area contributed by atoms with Gasteiger partial charge in [-0.3, -0.25) is 4.79 Å². The van der Waals surface area contributed by atoms with Gasteiger partial charge in [-0.1, -0.05) is 18.2 Å². The smallest absolute Gasteiger partial charge is 0.254 e. The fourth-order valence-electron chi connectivity index (χ4n) is 2.39. The van der Waals surface area contributed by atoms with Crippen LogP contribution in [0, 0.1) is 0 Å². The molecule has 4 N–H and O–H groups in total. The summed E-state index contributed by atoms with van der Waals surface area (Å²) in [6.45, 7) is 1.46. The summed E-state index contributed by atoms with van der Waals surface area (Å²) in [5, 5.41) is 19.0. The lowest BCUT2D eigenvalue weighted by molar-refractivity contribution is 0.0561. The van der Waals surface area contributed by atoms with Gasteiger partial charge in [0.15, 0.2) is 0 Å². The van der Waals surface area contributed by atoms with E-state index in [9.17, 15) is 9.90 Å². The summed E-state index contributed by atoms with van der Waals surface area (Å²) in [4.78, 5) is 20.3. The van der Waals surface area contributed by atoms with Gasteiger partial charge >= 0.3 is 0 Å². The number of hydrogen-bond donors (Lipinski definition) is 4. The Labute approximate surface area is 134 Å². The molecule has 7 heteroatoms. The van der Waals surface area contributed by atoms with Crippen molar-refractivity contribution in [2.75, 3.05) is 25.0 Å². The van der Waals surface area contributed by atoms with Gasteiger partial charge in [-0.05, 0) is 25.1 Å². The van der Waals surface area contributed by atoms with Crippen molar-refractivity contribution in [1.82, 2.24) is 20.6 Å². The lowest BCUT2D eigenvalue weighted by atomic mass is 10.0. The summed E-state index contributed by atoms with van der Waals surface area (Å²) in [7, 11) is 0. The topological polar surface area (TPSA) is 99.2 Å². The summed E-state index contributed by atoms with van der Waals surface area (Å²) < 4.78 is 0. The molecule has 0 aliphatic carbocycles. The zero-order chi connectivity index (χ0) is 16.1. The number of aromatic nitrogens is 2. The fourth-order valence-corrected chi connectivity index (χ4v) is 2.39. The second kappa shape index (κ2) is 6.72. The first-order valence-electron chi connectivity index (χ1n) is 7.50. The van der Waals surface area contributed by atoms with Crippen molar-refractivity contribution in [3.05, 3.63) is 48.3 Å². The largest absolute Gasteiger partial charge is 0.387 e. The van der Waals surface area contributed by atoms with Gasteiger partial charge in [-0.25, -0.2) is 9.97 Å². The molecule has 1 saturated heterocycles. The van der Waals surface area contributed by atoms with Crippen LogP contribution < -0.4 is 16.0 Å². The third kappa shape index (κ3) is 4.02. The van der Waals surface area contributed by atoms with E-state index in [-0.39, 0.29) is 12.5 Å². The number of hydrogen-bond acceptors (Lipinski definition) is 6. The second-order valence-corrected chi connectivity index (χ2v) is 5.62. The predicted molar refractivity (Wildman–Crippen MR) is 86.5 cm³/mol. The molecule has 1 aliphatic heterocycles. The molecule has 0 saturated carbocycles. The van der Waals surface area contributed by atoms with Gasteiger partial charge in [-0.15, -0.1) is 0 Å². The van der Waals surface area contributed by atoms with Crippen molar-refractivity contribution in [2.24, 2.45) is 0 Å². The molecule has 1 aromatic heterocycles. The molecule has 1 unspecified atom stereocenters. The molecule has 23 heavy (non-hydrogen) atoms. The summed E-state index contributed by atoms with van der Waals surface area (Å²) in [5.41, 5.74) is 0.365. The number of amides is 1. The first kappa shape index (κ1) is 15.4. The van der Waals surface area contributed by atoms with Gasteiger partial charge in [0, 0.05) is 31.2 Å². The Morgan fingerprint density at radius 1 is 1.26 bits per heavy atom. The minimum atomic E-state index is -0.870. The van der Waals surface area contributed by atoms with E-state index in [1.807, 2.05) is 30.3 Å². The van der Waals surface area contributed by atoms with Crippen molar-refractivity contribution in [3.8, 4) is 0 Å². The number of carbonyl (C=O) groups is 1. The van der Waals surface area contributed by atoms with Crippen LogP contribution in [0.2, 0.25) is 0 Å². The average Bonchev–Trinajstić information content (AvgIpc) is 3.01. The van der Waals surface area contributed by atoms with Crippen LogP contribution in [0.1, 0.15) is 16.8 Å². The first-order chi connectivity index (χ1) is 11.1. The van der Waals surface area contributed by atoms with E-state index in [0.29, 0.717) is 24.5 Å². The zero-order valence-corrected chi connectivity index (χ0v) is 12.6. The molecule has 2 heterocycles. The Hall–Kier alpha value is -2.51. The van der Waals surface area contributed by atoms with E-state index in [4.69, 9.17) is 0 Å². The molecule has 1 aliphatic rings. The maximum atomic E-state index is 12.1. The van der Waals surface area contributed by atoms with Crippen LogP contribution >= 0.6 is 0 Å². The predicted octanol–water partition coefficient (Wildman–Crippen LogP) is 0.674. The number of β-amino-alcohol motifs (C(OH)–C–C–N with tert-alkyl or cyclic N) is 1. The van der Waals surface area contributed by atoms with E-state index < -0.39 is 5.60 Å².